The van der Waals surface area contributed by atoms with Gasteiger partial charge >= 0.3 is 17.9 Å². The Morgan fingerprint density at radius 1 is 1.12 bits per heavy atom. The number of hydrogen-bond acceptors (Lipinski definition) is 5. The number of aliphatic carboxylic acids is 2. The van der Waals surface area contributed by atoms with E-state index in [-0.39, 0.29) is 17.9 Å². The summed E-state index contributed by atoms with van der Waals surface area (Å²) in [5, 5.41) is 19.1. The fourth-order valence-corrected chi connectivity index (χ4v) is 2.63. The van der Waals surface area contributed by atoms with Gasteiger partial charge in [-0.1, -0.05) is 36.8 Å². The summed E-state index contributed by atoms with van der Waals surface area (Å²) >= 11 is 0. The predicted octanol–water partition coefficient (Wildman–Crippen LogP) is 1.80. The molecule has 1 aliphatic heterocycles. The van der Waals surface area contributed by atoms with E-state index in [1.165, 1.54) is 20.0 Å². The third-order valence-corrected chi connectivity index (χ3v) is 3.73. The highest BCUT2D eigenvalue weighted by Crippen LogP contribution is 2.26. The highest BCUT2D eigenvalue weighted by molar-refractivity contribution is 5.89. The Labute approximate surface area is 146 Å². The van der Waals surface area contributed by atoms with Crippen LogP contribution in [0.25, 0.3) is 0 Å². The smallest absolute Gasteiger partial charge is 0.328 e. The number of piperidine rings is 1. The Bertz CT molecular complexity index is 577. The standard InChI is InChI=1S/C14H19NO2.C4H4O4/c1-17-14(16)13(11-7-3-2-4-8-11)12-9-5-6-10-15-12;5-3(6)1-2-4(7)8/h2-4,7-8,12-13,15H,5-6,9-10H2,1H3;1-2H,(H,5,6)(H,7,8)/b;2-1-. The van der Waals surface area contributed by atoms with Crippen molar-refractivity contribution >= 4 is 17.9 Å². The summed E-state index contributed by atoms with van der Waals surface area (Å²) in [6.07, 6.45) is 4.52. The number of methoxy groups -OCH3 is 1. The Hall–Kier alpha value is -2.67. The summed E-state index contributed by atoms with van der Waals surface area (Å²) in [7, 11) is 1.46. The van der Waals surface area contributed by atoms with Gasteiger partial charge in [-0.05, 0) is 24.9 Å². The predicted molar refractivity (Wildman–Crippen MR) is 91.3 cm³/mol. The van der Waals surface area contributed by atoms with Gasteiger partial charge in [0.15, 0.2) is 0 Å². The first-order valence-corrected chi connectivity index (χ1v) is 7.95. The maximum Gasteiger partial charge on any atom is 0.328 e. The van der Waals surface area contributed by atoms with E-state index >= 15 is 0 Å². The van der Waals surface area contributed by atoms with Crippen molar-refractivity contribution in [1.29, 1.82) is 0 Å². The molecule has 1 saturated heterocycles. The van der Waals surface area contributed by atoms with Gasteiger partial charge in [0.2, 0.25) is 0 Å². The summed E-state index contributed by atoms with van der Waals surface area (Å²) in [4.78, 5) is 31.1. The average molecular weight is 349 g/mol. The van der Waals surface area contributed by atoms with Crippen LogP contribution in [0.1, 0.15) is 30.7 Å². The van der Waals surface area contributed by atoms with Crippen LogP contribution < -0.4 is 5.32 Å². The van der Waals surface area contributed by atoms with E-state index in [0.717, 1.165) is 18.5 Å². The van der Waals surface area contributed by atoms with E-state index in [2.05, 4.69) is 5.32 Å². The molecular weight excluding hydrogens is 326 g/mol. The molecule has 7 nitrogen and oxygen atoms in total. The van der Waals surface area contributed by atoms with Gasteiger partial charge in [-0.25, -0.2) is 9.59 Å². The Morgan fingerprint density at radius 3 is 2.16 bits per heavy atom. The van der Waals surface area contributed by atoms with Gasteiger partial charge < -0.3 is 20.3 Å². The molecule has 1 aromatic carbocycles. The molecule has 0 aromatic heterocycles. The molecule has 1 heterocycles. The van der Waals surface area contributed by atoms with Crippen LogP contribution in [0.15, 0.2) is 42.5 Å². The first kappa shape index (κ1) is 20.4. The molecule has 2 rings (SSSR count). The van der Waals surface area contributed by atoms with Gasteiger partial charge in [-0.2, -0.15) is 0 Å². The van der Waals surface area contributed by atoms with Crippen LogP contribution in [0, 0.1) is 0 Å². The summed E-state index contributed by atoms with van der Waals surface area (Å²) < 4.78 is 4.94. The number of carbonyl (C=O) groups excluding carboxylic acids is 1. The number of carbonyl (C=O) groups is 3. The lowest BCUT2D eigenvalue weighted by Crippen LogP contribution is -2.42. The van der Waals surface area contributed by atoms with Crippen LogP contribution in [-0.2, 0) is 19.1 Å². The Balaban J connectivity index is 0.000000333. The highest BCUT2D eigenvalue weighted by Gasteiger charge is 2.31. The van der Waals surface area contributed by atoms with Crippen LogP contribution in [0.3, 0.4) is 0 Å². The zero-order valence-electron chi connectivity index (χ0n) is 14.1. The number of rotatable bonds is 5. The zero-order chi connectivity index (χ0) is 18.7. The van der Waals surface area contributed by atoms with E-state index in [1.807, 2.05) is 30.3 Å². The van der Waals surface area contributed by atoms with Gasteiger partial charge in [0.25, 0.3) is 0 Å². The molecule has 7 heteroatoms. The van der Waals surface area contributed by atoms with Crippen molar-refractivity contribution in [1.82, 2.24) is 5.32 Å². The van der Waals surface area contributed by atoms with E-state index in [4.69, 9.17) is 14.9 Å². The monoisotopic (exact) mass is 349 g/mol. The Morgan fingerprint density at radius 2 is 1.72 bits per heavy atom. The first-order valence-electron chi connectivity index (χ1n) is 7.95. The van der Waals surface area contributed by atoms with Gasteiger partial charge in [0, 0.05) is 18.2 Å². The minimum atomic E-state index is -1.26. The average Bonchev–Trinajstić information content (AvgIpc) is 2.62. The van der Waals surface area contributed by atoms with Gasteiger partial charge in [-0.15, -0.1) is 0 Å². The molecular formula is C18H23NO6. The minimum Gasteiger partial charge on any atom is -0.478 e. The van der Waals surface area contributed by atoms with E-state index < -0.39 is 11.9 Å². The zero-order valence-corrected chi connectivity index (χ0v) is 14.1. The maximum absolute atomic E-state index is 11.9. The fourth-order valence-electron chi connectivity index (χ4n) is 2.63. The molecule has 0 bridgehead atoms. The molecule has 0 amide bonds. The van der Waals surface area contributed by atoms with Gasteiger partial charge in [0.05, 0.1) is 13.0 Å². The molecule has 1 aromatic rings. The number of nitrogens with one attached hydrogen (secondary N) is 1. The second-order valence-electron chi connectivity index (χ2n) is 5.48. The van der Waals surface area contributed by atoms with Crippen molar-refractivity contribution in [3.63, 3.8) is 0 Å². The summed E-state index contributed by atoms with van der Waals surface area (Å²) in [5.74, 6) is -2.84. The fraction of sp³-hybridized carbons (Fsp3) is 0.389. The number of carboxylic acid groups (broad SMARTS) is 2. The van der Waals surface area contributed by atoms with Crippen LogP contribution >= 0.6 is 0 Å². The molecule has 0 saturated carbocycles. The van der Waals surface area contributed by atoms with Crippen molar-refractivity contribution < 1.29 is 29.3 Å². The van der Waals surface area contributed by atoms with Crippen LogP contribution in [0.2, 0.25) is 0 Å². The van der Waals surface area contributed by atoms with Crippen LogP contribution in [0.5, 0.6) is 0 Å². The molecule has 2 unspecified atom stereocenters. The molecule has 3 N–H and O–H groups in total. The lowest BCUT2D eigenvalue weighted by Gasteiger charge is -2.29. The quantitative estimate of drug-likeness (QED) is 0.549. The molecule has 0 radical (unpaired) electrons. The van der Waals surface area contributed by atoms with Crippen molar-refractivity contribution in [2.45, 2.75) is 31.2 Å². The topological polar surface area (TPSA) is 113 Å². The lowest BCUT2D eigenvalue weighted by atomic mass is 9.86. The van der Waals surface area contributed by atoms with Crippen LogP contribution in [-0.4, -0.2) is 47.8 Å². The maximum atomic E-state index is 11.9. The SMILES string of the molecule is COC(=O)C(c1ccccc1)C1CCCCN1.O=C(O)/C=C\C(=O)O. The van der Waals surface area contributed by atoms with Crippen molar-refractivity contribution in [2.75, 3.05) is 13.7 Å². The highest BCUT2D eigenvalue weighted by atomic mass is 16.5. The molecule has 25 heavy (non-hydrogen) atoms. The van der Waals surface area contributed by atoms with Crippen LogP contribution in [0.4, 0.5) is 0 Å². The second-order valence-corrected chi connectivity index (χ2v) is 5.48. The van der Waals surface area contributed by atoms with Crippen molar-refractivity contribution in [2.24, 2.45) is 0 Å². The third kappa shape index (κ3) is 7.63. The third-order valence-electron chi connectivity index (χ3n) is 3.73. The van der Waals surface area contributed by atoms with E-state index in [9.17, 15) is 14.4 Å². The molecule has 1 fully saturated rings. The van der Waals surface area contributed by atoms with Crippen molar-refractivity contribution in [3.05, 3.63) is 48.0 Å². The second kappa shape index (κ2) is 11.0. The number of hydrogen-bond donors (Lipinski definition) is 3. The minimum absolute atomic E-state index is 0.143. The molecule has 0 spiro atoms. The summed E-state index contributed by atoms with van der Waals surface area (Å²) in [6.45, 7) is 0.991. The lowest BCUT2D eigenvalue weighted by molar-refractivity contribution is -0.143. The van der Waals surface area contributed by atoms with Gasteiger partial charge in [0.1, 0.15) is 0 Å². The number of carboxylic acids is 2. The normalized spacial score (nSPS) is 17.9. The summed E-state index contributed by atoms with van der Waals surface area (Å²) in [5.41, 5.74) is 1.04. The van der Waals surface area contributed by atoms with Gasteiger partial charge in [-0.3, -0.25) is 4.79 Å². The van der Waals surface area contributed by atoms with E-state index in [0.29, 0.717) is 12.2 Å². The first-order chi connectivity index (χ1) is 12.0. The summed E-state index contributed by atoms with van der Waals surface area (Å²) in [6, 6.07) is 10.1. The molecule has 136 valence electrons. The van der Waals surface area contributed by atoms with Crippen molar-refractivity contribution in [3.8, 4) is 0 Å². The largest absolute Gasteiger partial charge is 0.478 e. The number of ether oxygens (including phenoxy) is 1. The number of benzene rings is 1. The van der Waals surface area contributed by atoms with E-state index in [1.54, 1.807) is 0 Å². The molecule has 1 aliphatic rings. The number of esters is 1. The molecule has 2 atom stereocenters. The Kier molecular flexibility index (Phi) is 8.95. The molecule has 0 aliphatic carbocycles.